The molecule has 3 aliphatic carbocycles. The van der Waals surface area contributed by atoms with Gasteiger partial charge in [-0.05, 0) is 91.3 Å². The number of carbonyl (C=O) groups is 3. The molecule has 2 fully saturated rings. The van der Waals surface area contributed by atoms with Crippen LogP contribution >= 0.6 is 0 Å². The van der Waals surface area contributed by atoms with Gasteiger partial charge in [-0.1, -0.05) is 68.4 Å². The molecule has 0 radical (unpaired) electrons. The monoisotopic (exact) mass is 539 g/mol. The van der Waals surface area contributed by atoms with Crippen molar-refractivity contribution in [3.8, 4) is 6.07 Å². The molecule has 6 atom stereocenters. The molecule has 218 valence electrons. The highest BCUT2D eigenvalue weighted by atomic mass is 16.5. The lowest BCUT2D eigenvalue weighted by atomic mass is 9.39. The summed E-state index contributed by atoms with van der Waals surface area (Å²) in [7, 11) is 1.51. The highest BCUT2D eigenvalue weighted by Gasteiger charge is 2.63. The van der Waals surface area contributed by atoms with Crippen LogP contribution in [0, 0.1) is 61.6 Å². The smallest absolute Gasteiger partial charge is 0.312 e. The predicted octanol–water partition coefficient (Wildman–Crippen LogP) is 7.88. The third kappa shape index (κ3) is 5.04. The van der Waals surface area contributed by atoms with Gasteiger partial charge in [-0.25, -0.2) is 0 Å². The van der Waals surface area contributed by atoms with E-state index in [0.717, 1.165) is 44.9 Å². The van der Waals surface area contributed by atoms with E-state index in [2.05, 4.69) is 54.5 Å². The molecule has 0 aliphatic heterocycles. The van der Waals surface area contributed by atoms with E-state index in [0.29, 0.717) is 6.42 Å². The number of carbonyl (C=O) groups excluding carboxylic acids is 3. The molecule has 39 heavy (non-hydrogen) atoms. The van der Waals surface area contributed by atoms with Crippen molar-refractivity contribution in [3.05, 3.63) is 11.6 Å². The Labute approximate surface area is 237 Å². The van der Waals surface area contributed by atoms with Gasteiger partial charge in [-0.15, -0.1) is 0 Å². The average Bonchev–Trinajstić information content (AvgIpc) is 2.82. The molecule has 0 bridgehead atoms. The van der Waals surface area contributed by atoms with Crippen molar-refractivity contribution < 1.29 is 19.1 Å². The van der Waals surface area contributed by atoms with Gasteiger partial charge >= 0.3 is 5.97 Å². The highest BCUT2D eigenvalue weighted by Crippen LogP contribution is 2.68. The zero-order valence-electron chi connectivity index (χ0n) is 26.5. The third-order valence-corrected chi connectivity index (χ3v) is 12.4. The van der Waals surface area contributed by atoms with E-state index in [9.17, 15) is 19.6 Å². The molecule has 0 aromatic heterocycles. The van der Waals surface area contributed by atoms with Crippen LogP contribution in [0.5, 0.6) is 0 Å². The summed E-state index contributed by atoms with van der Waals surface area (Å²) in [4.78, 5) is 39.4. The van der Waals surface area contributed by atoms with Crippen molar-refractivity contribution in [2.45, 2.75) is 121 Å². The van der Waals surface area contributed by atoms with Gasteiger partial charge in [0.25, 0.3) is 0 Å². The number of allylic oxidation sites excluding steroid dienone is 2. The SMILES string of the molecule is COC(=O)[C@]1(CCC(C)(C)[C@]2(C)CC[C@H]3C(C)(C)C(=O)C(C#N)=C[C@]3(C)[C@H]2CC(C)=O)CCC(C)(C)CC1C. The molecule has 0 spiro atoms. The Morgan fingerprint density at radius 2 is 1.72 bits per heavy atom. The molecule has 1 unspecified atom stereocenters. The molecular weight excluding hydrogens is 486 g/mol. The number of hydrogen-bond acceptors (Lipinski definition) is 5. The molecule has 0 aromatic rings. The van der Waals surface area contributed by atoms with E-state index in [-0.39, 0.29) is 57.1 Å². The highest BCUT2D eigenvalue weighted by molar-refractivity contribution is 6.04. The van der Waals surface area contributed by atoms with Crippen LogP contribution in [0.3, 0.4) is 0 Å². The van der Waals surface area contributed by atoms with Crippen LogP contribution in [0.1, 0.15) is 121 Å². The quantitative estimate of drug-likeness (QED) is 0.307. The standard InChI is InChI=1S/C34H53NO4/c1-22-19-29(3,4)14-16-34(22,28(38)39-11)17-15-30(5,6)33(10)13-12-25-31(7,8)27(37)24(21-35)20-32(25,9)26(33)18-23(2)36/h20,22,25-26H,12-19H2,1-11H3/t22?,25-,26+,32-,33+,34-/m0/s1. The second-order valence-corrected chi connectivity index (χ2v) is 15.9. The van der Waals surface area contributed by atoms with E-state index in [4.69, 9.17) is 4.74 Å². The second kappa shape index (κ2) is 10.1. The van der Waals surface area contributed by atoms with Crippen LogP contribution in [0.25, 0.3) is 0 Å². The average molecular weight is 540 g/mol. The van der Waals surface area contributed by atoms with Gasteiger partial charge in [0.1, 0.15) is 11.9 Å². The number of fused-ring (bicyclic) bond motifs is 1. The van der Waals surface area contributed by atoms with Crippen LogP contribution in [-0.4, -0.2) is 24.6 Å². The van der Waals surface area contributed by atoms with Gasteiger partial charge in [-0.2, -0.15) is 5.26 Å². The summed E-state index contributed by atoms with van der Waals surface area (Å²) in [5.41, 5.74) is -1.59. The Bertz CT molecular complexity index is 1090. The Hall–Kier alpha value is -1.96. The summed E-state index contributed by atoms with van der Waals surface area (Å²) < 4.78 is 5.43. The predicted molar refractivity (Wildman–Crippen MR) is 154 cm³/mol. The number of ketones is 2. The van der Waals surface area contributed by atoms with E-state index < -0.39 is 16.2 Å². The number of methoxy groups -OCH3 is 1. The molecule has 5 heteroatoms. The summed E-state index contributed by atoms with van der Waals surface area (Å²) >= 11 is 0. The third-order valence-electron chi connectivity index (χ3n) is 12.4. The van der Waals surface area contributed by atoms with Crippen molar-refractivity contribution in [1.29, 1.82) is 5.26 Å². The van der Waals surface area contributed by atoms with E-state index in [1.807, 2.05) is 19.9 Å². The molecule has 0 saturated heterocycles. The lowest BCUT2D eigenvalue weighted by Crippen LogP contribution is -2.60. The second-order valence-electron chi connectivity index (χ2n) is 15.9. The summed E-state index contributed by atoms with van der Waals surface area (Å²) in [5, 5.41) is 9.90. The molecule has 0 N–H and O–H groups in total. The fourth-order valence-corrected chi connectivity index (χ4v) is 9.44. The number of nitriles is 1. The minimum absolute atomic E-state index is 0.0243. The minimum atomic E-state index is -0.658. The van der Waals surface area contributed by atoms with Crippen molar-refractivity contribution >= 4 is 17.5 Å². The zero-order valence-corrected chi connectivity index (χ0v) is 26.5. The summed E-state index contributed by atoms with van der Waals surface area (Å²) in [6.07, 6.45) is 8.54. The fourth-order valence-electron chi connectivity index (χ4n) is 9.44. The van der Waals surface area contributed by atoms with Crippen LogP contribution in [0.2, 0.25) is 0 Å². The van der Waals surface area contributed by atoms with Crippen molar-refractivity contribution in [2.75, 3.05) is 7.11 Å². The molecule has 3 rings (SSSR count). The van der Waals surface area contributed by atoms with Crippen LogP contribution < -0.4 is 0 Å². The molecule has 3 aliphatic rings. The maximum atomic E-state index is 13.4. The first-order valence-corrected chi connectivity index (χ1v) is 15.0. The van der Waals surface area contributed by atoms with Gasteiger partial charge in [0.05, 0.1) is 18.1 Å². The summed E-state index contributed by atoms with van der Waals surface area (Å²) in [5.74, 6) is 0.237. The van der Waals surface area contributed by atoms with E-state index in [1.54, 1.807) is 6.92 Å². The zero-order chi connectivity index (χ0) is 29.8. The fraction of sp³-hybridized carbons (Fsp3) is 0.824. The first kappa shape index (κ1) is 31.6. The first-order valence-electron chi connectivity index (χ1n) is 15.0. The maximum absolute atomic E-state index is 13.4. The van der Waals surface area contributed by atoms with Crippen molar-refractivity contribution in [3.63, 3.8) is 0 Å². The van der Waals surface area contributed by atoms with Gasteiger partial charge in [0.2, 0.25) is 0 Å². The Kier molecular flexibility index (Phi) is 8.21. The Morgan fingerprint density at radius 1 is 1.10 bits per heavy atom. The van der Waals surface area contributed by atoms with Crippen LogP contribution in [0.15, 0.2) is 11.6 Å². The van der Waals surface area contributed by atoms with Crippen LogP contribution in [-0.2, 0) is 19.1 Å². The minimum Gasteiger partial charge on any atom is -0.469 e. The number of esters is 1. The topological polar surface area (TPSA) is 84.2 Å². The van der Waals surface area contributed by atoms with E-state index in [1.165, 1.54) is 7.11 Å². The summed E-state index contributed by atoms with van der Waals surface area (Å²) in [6.45, 7) is 21.5. The summed E-state index contributed by atoms with van der Waals surface area (Å²) in [6, 6.07) is 2.19. The van der Waals surface area contributed by atoms with Crippen LogP contribution in [0.4, 0.5) is 0 Å². The molecule has 0 heterocycles. The number of rotatable bonds is 7. The van der Waals surface area contributed by atoms with Gasteiger partial charge < -0.3 is 9.53 Å². The van der Waals surface area contributed by atoms with E-state index >= 15 is 0 Å². The van der Waals surface area contributed by atoms with Crippen molar-refractivity contribution in [1.82, 2.24) is 0 Å². The lowest BCUT2D eigenvalue weighted by molar-refractivity contribution is -0.166. The molecular formula is C34H53NO4. The molecule has 2 saturated carbocycles. The number of hydrogen-bond donors (Lipinski definition) is 0. The number of ether oxygens (including phenoxy) is 1. The molecule has 0 aromatic carbocycles. The first-order chi connectivity index (χ1) is 17.7. The Balaban J connectivity index is 2.05. The number of nitrogens with zero attached hydrogens (tertiary/aromatic N) is 1. The normalized spacial score (nSPS) is 37.7. The van der Waals surface area contributed by atoms with Gasteiger partial charge in [0, 0.05) is 11.8 Å². The molecule has 5 nitrogen and oxygen atoms in total. The van der Waals surface area contributed by atoms with Gasteiger partial charge in [-0.3, -0.25) is 9.59 Å². The lowest BCUT2D eigenvalue weighted by Gasteiger charge is -2.64. The molecule has 0 amide bonds. The largest absolute Gasteiger partial charge is 0.469 e. The van der Waals surface area contributed by atoms with Gasteiger partial charge in [0.15, 0.2) is 5.78 Å². The maximum Gasteiger partial charge on any atom is 0.312 e. The Morgan fingerprint density at radius 3 is 2.23 bits per heavy atom. The van der Waals surface area contributed by atoms with Crippen molar-refractivity contribution in [2.24, 2.45) is 50.2 Å². The number of Topliss-reactive ketones (excluding diaryl/α,β-unsaturated/α-hetero) is 2.